The normalized spacial score (nSPS) is 11.8. The molecule has 2 aromatic carbocycles. The lowest BCUT2D eigenvalue weighted by Crippen LogP contribution is -2.19. The molecule has 0 unspecified atom stereocenters. The number of amides is 1. The number of rotatable bonds is 6. The Labute approximate surface area is 174 Å². The number of aryl methyl sites for hydroxylation is 2. The van der Waals surface area contributed by atoms with Crippen molar-refractivity contribution in [2.45, 2.75) is 20.4 Å². The van der Waals surface area contributed by atoms with E-state index < -0.39 is 27.1 Å². The highest BCUT2D eigenvalue weighted by Crippen LogP contribution is 2.25. The van der Waals surface area contributed by atoms with E-state index >= 15 is 0 Å². The first kappa shape index (κ1) is 21.3. The van der Waals surface area contributed by atoms with Crippen LogP contribution in [0, 0.1) is 34.1 Å². The van der Waals surface area contributed by atoms with Gasteiger partial charge >= 0.3 is 0 Å². The Kier molecular flexibility index (Phi) is 6.04. The van der Waals surface area contributed by atoms with Crippen molar-refractivity contribution in [2.24, 2.45) is 4.99 Å². The number of carbonyl (C=O) groups is 1. The van der Waals surface area contributed by atoms with Gasteiger partial charge in [0.1, 0.15) is 0 Å². The van der Waals surface area contributed by atoms with Gasteiger partial charge in [0.05, 0.1) is 38.3 Å². The van der Waals surface area contributed by atoms with E-state index in [1.807, 2.05) is 30.5 Å². The number of benzene rings is 2. The molecule has 0 radical (unpaired) electrons. The molecular formula is C19H18N4O6S. The van der Waals surface area contributed by atoms with Crippen LogP contribution in [0.3, 0.4) is 0 Å². The zero-order valence-electron chi connectivity index (χ0n) is 16.4. The number of aromatic nitrogens is 1. The molecule has 0 N–H and O–H groups in total. The summed E-state index contributed by atoms with van der Waals surface area (Å²) in [6.07, 6.45) is 0. The van der Waals surface area contributed by atoms with Gasteiger partial charge in [-0.15, -0.1) is 0 Å². The van der Waals surface area contributed by atoms with Crippen molar-refractivity contribution in [1.82, 2.24) is 4.57 Å². The topological polar surface area (TPSA) is 130 Å². The molecule has 30 heavy (non-hydrogen) atoms. The Balaban J connectivity index is 2.19. The molecule has 1 amide bonds. The lowest BCUT2D eigenvalue weighted by atomic mass is 10.1. The third-order valence-corrected chi connectivity index (χ3v) is 5.42. The Morgan fingerprint density at radius 3 is 2.30 bits per heavy atom. The molecule has 0 fully saturated rings. The van der Waals surface area contributed by atoms with Crippen LogP contribution in [0.5, 0.6) is 0 Å². The van der Waals surface area contributed by atoms with Crippen molar-refractivity contribution in [1.29, 1.82) is 0 Å². The molecule has 0 aliphatic carbocycles. The second-order valence-corrected chi connectivity index (χ2v) is 7.64. The highest BCUT2D eigenvalue weighted by molar-refractivity contribution is 7.16. The van der Waals surface area contributed by atoms with Crippen molar-refractivity contribution in [2.75, 3.05) is 13.7 Å². The summed E-state index contributed by atoms with van der Waals surface area (Å²) in [6, 6.07) is 6.79. The Morgan fingerprint density at radius 2 is 1.73 bits per heavy atom. The minimum Gasteiger partial charge on any atom is -0.383 e. The molecule has 0 atom stereocenters. The maximum atomic E-state index is 12.8. The van der Waals surface area contributed by atoms with E-state index in [4.69, 9.17) is 4.74 Å². The number of hydrogen-bond donors (Lipinski definition) is 0. The number of nitro benzene ring substituents is 2. The monoisotopic (exact) mass is 430 g/mol. The van der Waals surface area contributed by atoms with E-state index in [-0.39, 0.29) is 5.56 Å². The third-order valence-electron chi connectivity index (χ3n) is 4.40. The lowest BCUT2D eigenvalue weighted by molar-refractivity contribution is -0.394. The second-order valence-electron chi connectivity index (χ2n) is 6.63. The Bertz CT molecular complexity index is 1210. The quantitative estimate of drug-likeness (QED) is 0.434. The molecular weight excluding hydrogens is 412 g/mol. The van der Waals surface area contributed by atoms with Gasteiger partial charge < -0.3 is 9.30 Å². The van der Waals surface area contributed by atoms with Crippen molar-refractivity contribution >= 4 is 38.8 Å². The number of non-ortho nitro benzene ring substituents is 2. The lowest BCUT2D eigenvalue weighted by Gasteiger charge is -2.07. The summed E-state index contributed by atoms with van der Waals surface area (Å²) in [5, 5.41) is 22.2. The zero-order chi connectivity index (χ0) is 22.0. The van der Waals surface area contributed by atoms with Gasteiger partial charge in [-0.05, 0) is 31.0 Å². The minimum absolute atomic E-state index is 0.223. The second kappa shape index (κ2) is 8.51. The number of thiazole rings is 1. The fraction of sp³-hybridized carbons (Fsp3) is 0.263. The first-order valence-electron chi connectivity index (χ1n) is 8.83. The molecule has 1 aromatic heterocycles. The molecule has 0 saturated carbocycles. The van der Waals surface area contributed by atoms with Crippen LogP contribution in [0.25, 0.3) is 10.2 Å². The van der Waals surface area contributed by atoms with E-state index in [0.29, 0.717) is 18.0 Å². The van der Waals surface area contributed by atoms with Gasteiger partial charge in [-0.2, -0.15) is 4.99 Å². The largest absolute Gasteiger partial charge is 0.383 e. The van der Waals surface area contributed by atoms with Crippen molar-refractivity contribution < 1.29 is 19.4 Å². The smallest absolute Gasteiger partial charge is 0.280 e. The van der Waals surface area contributed by atoms with E-state index in [0.717, 1.165) is 39.5 Å². The van der Waals surface area contributed by atoms with E-state index in [9.17, 15) is 25.0 Å². The summed E-state index contributed by atoms with van der Waals surface area (Å²) in [7, 11) is 1.57. The van der Waals surface area contributed by atoms with Gasteiger partial charge in [0.2, 0.25) is 0 Å². The first-order valence-corrected chi connectivity index (χ1v) is 9.65. The van der Waals surface area contributed by atoms with Gasteiger partial charge in [0.25, 0.3) is 17.3 Å². The van der Waals surface area contributed by atoms with Crippen LogP contribution < -0.4 is 4.80 Å². The summed E-state index contributed by atoms with van der Waals surface area (Å²) in [5.74, 6) is -0.797. The predicted molar refractivity (Wildman–Crippen MR) is 111 cm³/mol. The average molecular weight is 430 g/mol. The van der Waals surface area contributed by atoms with E-state index in [1.54, 1.807) is 7.11 Å². The molecule has 0 spiro atoms. The standard InChI is InChI=1S/C19H18N4O6S/c1-11-6-12(2)17-16(7-11)30-19(21(17)4-5-29-3)20-18(24)13-8-14(22(25)26)10-15(9-13)23(27)28/h6-10H,4-5H2,1-3H3. The van der Waals surface area contributed by atoms with Crippen molar-refractivity contribution in [3.63, 3.8) is 0 Å². The third kappa shape index (κ3) is 4.26. The van der Waals surface area contributed by atoms with Gasteiger partial charge in [0.15, 0.2) is 4.80 Å². The Hall–Kier alpha value is -3.44. The summed E-state index contributed by atoms with van der Waals surface area (Å²) in [5.41, 5.74) is 1.68. The zero-order valence-corrected chi connectivity index (χ0v) is 17.3. The summed E-state index contributed by atoms with van der Waals surface area (Å²) >= 11 is 1.30. The summed E-state index contributed by atoms with van der Waals surface area (Å²) in [6.45, 7) is 4.77. The highest BCUT2D eigenvalue weighted by atomic mass is 32.1. The van der Waals surface area contributed by atoms with Gasteiger partial charge in [0, 0.05) is 25.8 Å². The maximum Gasteiger partial charge on any atom is 0.280 e. The number of fused-ring (bicyclic) bond motifs is 1. The van der Waals surface area contributed by atoms with Gasteiger partial charge in [-0.25, -0.2) is 0 Å². The maximum absolute atomic E-state index is 12.8. The van der Waals surface area contributed by atoms with Gasteiger partial charge in [-0.3, -0.25) is 25.0 Å². The van der Waals surface area contributed by atoms with Gasteiger partial charge in [-0.1, -0.05) is 17.4 Å². The van der Waals surface area contributed by atoms with Crippen LogP contribution in [0.1, 0.15) is 21.5 Å². The SMILES string of the molecule is COCCn1c(=NC(=O)c2cc([N+](=O)[O-])cc([N+](=O)[O-])c2)sc2cc(C)cc(C)c21. The number of methoxy groups -OCH3 is 1. The Morgan fingerprint density at radius 1 is 1.10 bits per heavy atom. The number of nitro groups is 2. The molecule has 10 nitrogen and oxygen atoms in total. The van der Waals surface area contributed by atoms with E-state index in [2.05, 4.69) is 4.99 Å². The fourth-order valence-corrected chi connectivity index (χ4v) is 4.38. The molecule has 0 bridgehead atoms. The molecule has 0 saturated heterocycles. The van der Waals surface area contributed by atoms with Crippen LogP contribution in [0.15, 0.2) is 35.3 Å². The molecule has 1 heterocycles. The summed E-state index contributed by atoms with van der Waals surface area (Å²) in [4.78, 5) is 37.9. The molecule has 11 heteroatoms. The number of hydrogen-bond acceptors (Lipinski definition) is 7. The van der Waals surface area contributed by atoms with Crippen molar-refractivity contribution in [3.05, 3.63) is 72.1 Å². The number of ether oxygens (including phenoxy) is 1. The predicted octanol–water partition coefficient (Wildman–Crippen LogP) is 3.52. The van der Waals surface area contributed by atoms with Crippen LogP contribution in [0.4, 0.5) is 11.4 Å². The number of nitrogens with zero attached hydrogens (tertiary/aromatic N) is 4. The van der Waals surface area contributed by atoms with Crippen LogP contribution >= 0.6 is 11.3 Å². The van der Waals surface area contributed by atoms with Crippen LogP contribution in [0.2, 0.25) is 0 Å². The molecule has 3 aromatic rings. The molecule has 0 aliphatic rings. The fourth-order valence-electron chi connectivity index (χ4n) is 3.15. The average Bonchev–Trinajstić information content (AvgIpc) is 3.02. The molecule has 3 rings (SSSR count). The van der Waals surface area contributed by atoms with E-state index in [1.165, 1.54) is 11.3 Å². The van der Waals surface area contributed by atoms with Crippen LogP contribution in [-0.4, -0.2) is 34.0 Å². The number of carbonyl (C=O) groups excluding carboxylic acids is 1. The van der Waals surface area contributed by atoms with Crippen molar-refractivity contribution in [3.8, 4) is 0 Å². The minimum atomic E-state index is -0.797. The molecule has 0 aliphatic heterocycles. The summed E-state index contributed by atoms with van der Waals surface area (Å²) < 4.78 is 7.94. The first-order chi connectivity index (χ1) is 14.2. The van der Waals surface area contributed by atoms with Crippen LogP contribution in [-0.2, 0) is 11.3 Å². The molecule has 156 valence electrons. The highest BCUT2D eigenvalue weighted by Gasteiger charge is 2.20.